The average Bonchev–Trinajstić information content (AvgIpc) is 2.19. The van der Waals surface area contributed by atoms with Crippen molar-refractivity contribution in [3.05, 3.63) is 18.1 Å². The van der Waals surface area contributed by atoms with Crippen LogP contribution in [0, 0.1) is 0 Å². The highest BCUT2D eigenvalue weighted by molar-refractivity contribution is 5.14. The first-order chi connectivity index (χ1) is 7.26. The zero-order valence-electron chi connectivity index (χ0n) is 9.01. The molecule has 0 aromatic carbocycles. The number of hydrogen-bond donors (Lipinski definition) is 1. The van der Waals surface area contributed by atoms with E-state index >= 15 is 0 Å². The Balaban J connectivity index is 2.56. The number of methoxy groups -OCH3 is 1. The molecular weight excluding hydrogens is 196 g/mol. The van der Waals surface area contributed by atoms with Crippen LogP contribution in [0.5, 0.6) is 5.88 Å². The second-order valence-corrected chi connectivity index (χ2v) is 3.09. The number of rotatable bonds is 6. The van der Waals surface area contributed by atoms with Gasteiger partial charge in [0.05, 0.1) is 25.0 Å². The molecule has 0 spiro atoms. The van der Waals surface area contributed by atoms with Crippen LogP contribution in [-0.2, 0) is 11.2 Å². The molecule has 0 aliphatic carbocycles. The predicted molar refractivity (Wildman–Crippen MR) is 54.8 cm³/mol. The molecule has 1 atom stereocenters. The monoisotopic (exact) mass is 212 g/mol. The zero-order chi connectivity index (χ0) is 11.1. The number of hydrogen-bond acceptors (Lipinski definition) is 5. The molecule has 5 nitrogen and oxygen atoms in total. The molecular formula is C10H16N2O3. The van der Waals surface area contributed by atoms with Gasteiger partial charge in [-0.1, -0.05) is 0 Å². The summed E-state index contributed by atoms with van der Waals surface area (Å²) >= 11 is 0. The minimum absolute atomic E-state index is 0.300. The summed E-state index contributed by atoms with van der Waals surface area (Å²) < 4.78 is 10.1. The molecule has 1 aromatic rings. The lowest BCUT2D eigenvalue weighted by atomic mass is 10.2. The summed E-state index contributed by atoms with van der Waals surface area (Å²) in [6.07, 6.45) is 1.33. The van der Waals surface area contributed by atoms with Gasteiger partial charge in [-0.15, -0.1) is 0 Å². The smallest absolute Gasteiger partial charge is 0.216 e. The Hall–Kier alpha value is -1.20. The van der Waals surface area contributed by atoms with E-state index in [0.717, 1.165) is 5.69 Å². The lowest BCUT2D eigenvalue weighted by molar-refractivity contribution is 0.0644. The van der Waals surface area contributed by atoms with Crippen LogP contribution in [0.4, 0.5) is 0 Å². The Kier molecular flexibility index (Phi) is 5.00. The maximum Gasteiger partial charge on any atom is 0.216 e. The van der Waals surface area contributed by atoms with Crippen molar-refractivity contribution in [2.45, 2.75) is 19.4 Å². The summed E-state index contributed by atoms with van der Waals surface area (Å²) in [5.41, 5.74) is 0.748. The first-order valence-electron chi connectivity index (χ1n) is 4.87. The van der Waals surface area contributed by atoms with Crippen molar-refractivity contribution in [2.24, 2.45) is 0 Å². The van der Waals surface area contributed by atoms with Crippen LogP contribution in [0.1, 0.15) is 12.6 Å². The van der Waals surface area contributed by atoms with Gasteiger partial charge >= 0.3 is 0 Å². The lowest BCUT2D eigenvalue weighted by Gasteiger charge is -2.09. The molecule has 1 aromatic heterocycles. The van der Waals surface area contributed by atoms with E-state index in [-0.39, 0.29) is 0 Å². The van der Waals surface area contributed by atoms with Crippen molar-refractivity contribution >= 4 is 0 Å². The van der Waals surface area contributed by atoms with Gasteiger partial charge in [-0.05, 0) is 6.92 Å². The van der Waals surface area contributed by atoms with E-state index in [1.54, 1.807) is 13.2 Å². The molecule has 0 aliphatic heterocycles. The van der Waals surface area contributed by atoms with Crippen molar-refractivity contribution in [1.29, 1.82) is 0 Å². The molecule has 5 heteroatoms. The van der Waals surface area contributed by atoms with Gasteiger partial charge in [0.1, 0.15) is 6.33 Å². The lowest BCUT2D eigenvalue weighted by Crippen LogP contribution is -2.17. The van der Waals surface area contributed by atoms with Crippen molar-refractivity contribution in [2.75, 3.05) is 20.3 Å². The van der Waals surface area contributed by atoms with Gasteiger partial charge in [-0.3, -0.25) is 0 Å². The van der Waals surface area contributed by atoms with Crippen molar-refractivity contribution in [3.8, 4) is 5.88 Å². The molecule has 15 heavy (non-hydrogen) atoms. The summed E-state index contributed by atoms with van der Waals surface area (Å²) in [4.78, 5) is 7.97. The maximum atomic E-state index is 9.50. The van der Waals surface area contributed by atoms with Gasteiger partial charge in [0, 0.05) is 19.6 Å². The maximum absolute atomic E-state index is 9.50. The molecule has 0 saturated carbocycles. The first kappa shape index (κ1) is 11.9. The summed E-state index contributed by atoms with van der Waals surface area (Å²) in [6.45, 7) is 2.76. The fraction of sp³-hybridized carbons (Fsp3) is 0.600. The van der Waals surface area contributed by atoms with Gasteiger partial charge in [0.15, 0.2) is 0 Å². The summed E-state index contributed by atoms with van der Waals surface area (Å²) in [7, 11) is 1.55. The van der Waals surface area contributed by atoms with Gasteiger partial charge in [-0.25, -0.2) is 9.97 Å². The van der Waals surface area contributed by atoms with Gasteiger partial charge < -0.3 is 14.6 Å². The predicted octanol–water partition coefficient (Wildman–Crippen LogP) is 0.425. The van der Waals surface area contributed by atoms with E-state index in [9.17, 15) is 5.11 Å². The molecule has 0 fully saturated rings. The Morgan fingerprint density at radius 2 is 2.27 bits per heavy atom. The summed E-state index contributed by atoms with van der Waals surface area (Å²) in [5, 5.41) is 9.50. The van der Waals surface area contributed by atoms with Crippen LogP contribution in [0.15, 0.2) is 12.4 Å². The molecule has 0 radical (unpaired) electrons. The number of aliphatic hydroxyl groups is 1. The van der Waals surface area contributed by atoms with Crippen LogP contribution in [-0.4, -0.2) is 41.5 Å². The average molecular weight is 212 g/mol. The Bertz CT molecular complexity index is 294. The molecule has 1 rings (SSSR count). The van der Waals surface area contributed by atoms with Crippen LogP contribution in [0.3, 0.4) is 0 Å². The molecule has 1 heterocycles. The van der Waals surface area contributed by atoms with Crippen molar-refractivity contribution in [1.82, 2.24) is 9.97 Å². The Labute approximate surface area is 89.1 Å². The minimum Gasteiger partial charge on any atom is -0.478 e. The third kappa shape index (κ3) is 4.22. The summed E-state index contributed by atoms with van der Waals surface area (Å²) in [6, 6.07) is 1.72. The van der Waals surface area contributed by atoms with Gasteiger partial charge in [-0.2, -0.15) is 0 Å². The highest BCUT2D eigenvalue weighted by Gasteiger charge is 2.07. The Morgan fingerprint density at radius 1 is 1.47 bits per heavy atom. The van der Waals surface area contributed by atoms with E-state index in [1.807, 2.05) is 6.92 Å². The highest BCUT2D eigenvalue weighted by atomic mass is 16.5. The summed E-state index contributed by atoms with van der Waals surface area (Å²) in [5.74, 6) is 0.534. The van der Waals surface area contributed by atoms with E-state index in [1.165, 1.54) is 6.33 Å². The largest absolute Gasteiger partial charge is 0.478 e. The second-order valence-electron chi connectivity index (χ2n) is 3.09. The normalized spacial score (nSPS) is 12.5. The number of aromatic nitrogens is 2. The number of nitrogens with zero attached hydrogens (tertiary/aromatic N) is 2. The number of aliphatic hydroxyl groups excluding tert-OH is 1. The quantitative estimate of drug-likeness (QED) is 0.740. The molecule has 1 unspecified atom stereocenters. The fourth-order valence-corrected chi connectivity index (χ4v) is 1.21. The van der Waals surface area contributed by atoms with E-state index < -0.39 is 6.10 Å². The zero-order valence-corrected chi connectivity index (χ0v) is 9.01. The third-order valence-electron chi connectivity index (χ3n) is 1.79. The molecule has 0 aliphatic rings. The van der Waals surface area contributed by atoms with E-state index in [4.69, 9.17) is 9.47 Å². The SMILES string of the molecule is CCOc1cc(CC(O)COC)ncn1. The molecule has 0 saturated heterocycles. The topological polar surface area (TPSA) is 64.5 Å². The third-order valence-corrected chi connectivity index (χ3v) is 1.79. The highest BCUT2D eigenvalue weighted by Crippen LogP contribution is 2.08. The van der Waals surface area contributed by atoms with E-state index in [2.05, 4.69) is 9.97 Å². The van der Waals surface area contributed by atoms with Crippen molar-refractivity contribution < 1.29 is 14.6 Å². The number of ether oxygens (including phenoxy) is 2. The van der Waals surface area contributed by atoms with E-state index in [0.29, 0.717) is 25.5 Å². The molecule has 84 valence electrons. The van der Waals surface area contributed by atoms with Crippen LogP contribution >= 0.6 is 0 Å². The molecule has 0 bridgehead atoms. The fourth-order valence-electron chi connectivity index (χ4n) is 1.21. The minimum atomic E-state index is -0.542. The van der Waals surface area contributed by atoms with Crippen LogP contribution < -0.4 is 4.74 Å². The molecule has 1 N–H and O–H groups in total. The standard InChI is InChI=1S/C10H16N2O3/c1-3-15-10-5-8(11-7-12-10)4-9(13)6-14-2/h5,7,9,13H,3-4,6H2,1-2H3. The van der Waals surface area contributed by atoms with Crippen molar-refractivity contribution in [3.63, 3.8) is 0 Å². The molecule has 0 amide bonds. The first-order valence-corrected chi connectivity index (χ1v) is 4.87. The van der Waals surface area contributed by atoms with Crippen LogP contribution in [0.2, 0.25) is 0 Å². The van der Waals surface area contributed by atoms with Crippen LogP contribution in [0.25, 0.3) is 0 Å². The Morgan fingerprint density at radius 3 is 2.93 bits per heavy atom. The van der Waals surface area contributed by atoms with Gasteiger partial charge in [0.2, 0.25) is 5.88 Å². The van der Waals surface area contributed by atoms with Gasteiger partial charge in [0.25, 0.3) is 0 Å². The second kappa shape index (κ2) is 6.31.